The summed E-state index contributed by atoms with van der Waals surface area (Å²) in [6.45, 7) is 0. The molecular formula is C11H9Cl3N2O3. The van der Waals surface area contributed by atoms with E-state index in [0.29, 0.717) is 5.56 Å². The van der Waals surface area contributed by atoms with Crippen molar-refractivity contribution in [2.75, 3.05) is 0 Å². The van der Waals surface area contributed by atoms with Crippen LogP contribution in [-0.2, 0) is 4.84 Å². The molecule has 1 aromatic rings. The van der Waals surface area contributed by atoms with Crippen molar-refractivity contribution >= 4 is 47.2 Å². The van der Waals surface area contributed by atoms with E-state index in [9.17, 15) is 10.2 Å². The number of hydroxylamine groups is 2. The highest BCUT2D eigenvalue weighted by Crippen LogP contribution is 2.32. The Labute approximate surface area is 124 Å². The van der Waals surface area contributed by atoms with E-state index in [1.54, 1.807) is 18.2 Å². The summed E-state index contributed by atoms with van der Waals surface area (Å²) in [5.41, 5.74) is 0.668. The van der Waals surface area contributed by atoms with Gasteiger partial charge >= 0.3 is 0 Å². The molecule has 0 aliphatic carbocycles. The zero-order valence-electron chi connectivity index (χ0n) is 9.37. The van der Waals surface area contributed by atoms with Crippen molar-refractivity contribution in [3.8, 4) is 11.5 Å². The summed E-state index contributed by atoms with van der Waals surface area (Å²) in [6, 6.07) is 4.40. The predicted molar refractivity (Wildman–Crippen MR) is 74.3 cm³/mol. The minimum atomic E-state index is -1.72. The largest absolute Gasteiger partial charge is 0.504 e. The molecule has 19 heavy (non-hydrogen) atoms. The number of hydrogen-bond donors (Lipinski definition) is 2. The summed E-state index contributed by atoms with van der Waals surface area (Å²) in [7, 11) is 0. The van der Waals surface area contributed by atoms with Crippen molar-refractivity contribution in [3.05, 3.63) is 29.8 Å². The monoisotopic (exact) mass is 322 g/mol. The van der Waals surface area contributed by atoms with Gasteiger partial charge in [-0.05, 0) is 23.8 Å². The fraction of sp³-hybridized carbons (Fsp3) is 0.182. The number of benzene rings is 1. The first-order chi connectivity index (χ1) is 8.86. The average Bonchev–Trinajstić information content (AvgIpc) is 2.79. The number of halogens is 3. The standard InChI is InChI=1S/C11H9Cl3N2O3/c12-11(13,14)16-6-15-10(19-16)4-2-7-1-3-8(17)9(18)5-7/h1-6,10,17-18H. The highest BCUT2D eigenvalue weighted by atomic mass is 35.6. The molecule has 8 heteroatoms. The summed E-state index contributed by atoms with van der Waals surface area (Å²) in [5.74, 6) is -0.393. The minimum Gasteiger partial charge on any atom is -0.504 e. The first kappa shape index (κ1) is 14.3. The Morgan fingerprint density at radius 2 is 2.00 bits per heavy atom. The van der Waals surface area contributed by atoms with Crippen molar-refractivity contribution in [2.24, 2.45) is 4.99 Å². The van der Waals surface area contributed by atoms with Gasteiger partial charge in [0, 0.05) is 0 Å². The second-order valence-electron chi connectivity index (χ2n) is 3.66. The summed E-state index contributed by atoms with van der Waals surface area (Å²) in [6.07, 6.45) is 3.92. The van der Waals surface area contributed by atoms with Gasteiger partial charge in [0.2, 0.25) is 0 Å². The van der Waals surface area contributed by atoms with Gasteiger partial charge in [0.25, 0.3) is 3.92 Å². The molecule has 1 aliphatic heterocycles. The molecule has 0 spiro atoms. The molecule has 5 nitrogen and oxygen atoms in total. The number of hydrogen-bond acceptors (Lipinski definition) is 5. The van der Waals surface area contributed by atoms with Crippen LogP contribution in [-0.4, -0.2) is 31.8 Å². The SMILES string of the molecule is Oc1ccc(C=CC2N=CN(C(Cl)(Cl)Cl)O2)cc1O. The van der Waals surface area contributed by atoms with E-state index in [1.807, 2.05) is 0 Å². The Balaban J connectivity index is 2.01. The molecular weight excluding hydrogens is 314 g/mol. The summed E-state index contributed by atoms with van der Waals surface area (Å²) < 4.78 is -1.72. The lowest BCUT2D eigenvalue weighted by molar-refractivity contribution is -0.105. The lowest BCUT2D eigenvalue weighted by atomic mass is 10.2. The van der Waals surface area contributed by atoms with Gasteiger partial charge in [-0.15, -0.1) is 0 Å². The van der Waals surface area contributed by atoms with E-state index in [1.165, 1.54) is 18.5 Å². The number of phenols is 2. The van der Waals surface area contributed by atoms with Gasteiger partial charge in [-0.1, -0.05) is 46.9 Å². The second-order valence-corrected chi connectivity index (χ2v) is 5.88. The van der Waals surface area contributed by atoms with Crippen LogP contribution in [0.1, 0.15) is 5.56 Å². The molecule has 2 rings (SSSR count). The van der Waals surface area contributed by atoms with Crippen molar-refractivity contribution in [1.82, 2.24) is 5.06 Å². The third-order valence-electron chi connectivity index (χ3n) is 2.24. The number of aliphatic imine (C=N–C) groups is 1. The normalized spacial score (nSPS) is 19.5. The fourth-order valence-corrected chi connectivity index (χ4v) is 1.60. The molecule has 0 fully saturated rings. The van der Waals surface area contributed by atoms with Crippen LogP contribution in [0.5, 0.6) is 11.5 Å². The zero-order valence-corrected chi connectivity index (χ0v) is 11.6. The smallest absolute Gasteiger partial charge is 0.291 e. The molecule has 1 aromatic carbocycles. The Morgan fingerprint density at radius 1 is 1.26 bits per heavy atom. The summed E-state index contributed by atoms with van der Waals surface area (Å²) in [4.78, 5) is 9.18. The molecule has 0 amide bonds. The van der Waals surface area contributed by atoms with E-state index in [-0.39, 0.29) is 11.5 Å². The van der Waals surface area contributed by atoms with Gasteiger partial charge < -0.3 is 10.2 Å². The predicted octanol–water partition coefficient (Wildman–Crippen LogP) is 3.04. The molecule has 1 unspecified atom stereocenters. The Hall–Kier alpha value is -1.14. The van der Waals surface area contributed by atoms with Crippen molar-refractivity contribution in [3.63, 3.8) is 0 Å². The highest BCUT2D eigenvalue weighted by molar-refractivity contribution is 6.67. The topological polar surface area (TPSA) is 65.3 Å². The van der Waals surface area contributed by atoms with Gasteiger partial charge in [-0.2, -0.15) is 5.06 Å². The summed E-state index contributed by atoms with van der Waals surface area (Å²) >= 11 is 16.8. The van der Waals surface area contributed by atoms with Crippen LogP contribution in [0.25, 0.3) is 6.08 Å². The van der Waals surface area contributed by atoms with Crippen LogP contribution >= 0.6 is 34.8 Å². The van der Waals surface area contributed by atoms with Crippen molar-refractivity contribution in [1.29, 1.82) is 0 Å². The number of alkyl halides is 3. The van der Waals surface area contributed by atoms with E-state index in [4.69, 9.17) is 39.6 Å². The van der Waals surface area contributed by atoms with E-state index in [0.717, 1.165) is 5.06 Å². The fourth-order valence-electron chi connectivity index (χ4n) is 1.34. The molecule has 0 radical (unpaired) electrons. The molecule has 102 valence electrons. The maximum atomic E-state index is 9.34. The average molecular weight is 324 g/mol. The first-order valence-corrected chi connectivity index (χ1v) is 6.26. The van der Waals surface area contributed by atoms with Gasteiger partial charge in [-0.3, -0.25) is 0 Å². The molecule has 0 saturated carbocycles. The Kier molecular flexibility index (Phi) is 4.10. The number of phenolic OH excluding ortho intramolecular Hbond substituents is 2. The number of nitrogens with zero attached hydrogens (tertiary/aromatic N) is 2. The van der Waals surface area contributed by atoms with Gasteiger partial charge in [0.05, 0.1) is 0 Å². The van der Waals surface area contributed by atoms with Crippen LogP contribution in [0, 0.1) is 0 Å². The lowest BCUT2D eigenvalue weighted by Crippen LogP contribution is -2.31. The molecule has 0 saturated heterocycles. The minimum absolute atomic E-state index is 0.185. The zero-order chi connectivity index (χ0) is 14.0. The maximum absolute atomic E-state index is 9.34. The van der Waals surface area contributed by atoms with Crippen LogP contribution in [0.3, 0.4) is 0 Å². The second kappa shape index (κ2) is 5.46. The van der Waals surface area contributed by atoms with E-state index in [2.05, 4.69) is 4.99 Å². The Morgan fingerprint density at radius 3 is 2.58 bits per heavy atom. The van der Waals surface area contributed by atoms with Gasteiger partial charge in [0.15, 0.2) is 17.7 Å². The number of aromatic hydroxyl groups is 2. The Bertz CT molecular complexity index is 528. The first-order valence-electron chi connectivity index (χ1n) is 5.12. The quantitative estimate of drug-likeness (QED) is 0.499. The molecule has 1 heterocycles. The summed E-state index contributed by atoms with van der Waals surface area (Å²) in [5, 5.41) is 19.5. The van der Waals surface area contributed by atoms with Crippen molar-refractivity contribution < 1.29 is 15.1 Å². The lowest BCUT2D eigenvalue weighted by Gasteiger charge is -2.21. The van der Waals surface area contributed by atoms with Crippen LogP contribution in [0.15, 0.2) is 29.3 Å². The maximum Gasteiger partial charge on any atom is 0.291 e. The molecule has 0 aromatic heterocycles. The van der Waals surface area contributed by atoms with Crippen molar-refractivity contribution in [2.45, 2.75) is 10.1 Å². The van der Waals surface area contributed by atoms with Crippen LogP contribution in [0.2, 0.25) is 0 Å². The number of rotatable bonds is 2. The molecule has 1 atom stereocenters. The van der Waals surface area contributed by atoms with Gasteiger partial charge in [-0.25, -0.2) is 9.83 Å². The van der Waals surface area contributed by atoms with Crippen LogP contribution in [0.4, 0.5) is 0 Å². The van der Waals surface area contributed by atoms with E-state index >= 15 is 0 Å². The van der Waals surface area contributed by atoms with Gasteiger partial charge in [0.1, 0.15) is 6.34 Å². The van der Waals surface area contributed by atoms with Crippen LogP contribution < -0.4 is 0 Å². The molecule has 0 bridgehead atoms. The molecule has 2 N–H and O–H groups in total. The highest BCUT2D eigenvalue weighted by Gasteiger charge is 2.33. The third-order valence-corrected chi connectivity index (χ3v) is 2.74. The third kappa shape index (κ3) is 3.67. The van der Waals surface area contributed by atoms with E-state index < -0.39 is 10.1 Å². The molecule has 1 aliphatic rings.